The molecule has 0 radical (unpaired) electrons. The van der Waals surface area contributed by atoms with Gasteiger partial charge in [-0.25, -0.2) is 0 Å². The standard InChI is InChI=1S/C10H16N2O3/c1-3-15-9(13)5-4-6-12-10(14)8(2)7-11/h8H,3-6H2,1-2H3,(H,12,14). The van der Waals surface area contributed by atoms with Crippen molar-refractivity contribution in [3.8, 4) is 6.07 Å². The molecule has 0 heterocycles. The lowest BCUT2D eigenvalue weighted by Crippen LogP contribution is -2.29. The molecule has 0 saturated heterocycles. The monoisotopic (exact) mass is 212 g/mol. The molecular weight excluding hydrogens is 196 g/mol. The van der Waals surface area contributed by atoms with Crippen molar-refractivity contribution in [2.45, 2.75) is 26.7 Å². The second-order valence-corrected chi connectivity index (χ2v) is 3.05. The maximum Gasteiger partial charge on any atom is 0.305 e. The fourth-order valence-electron chi connectivity index (χ4n) is 0.889. The van der Waals surface area contributed by atoms with Crippen LogP contribution in [0.4, 0.5) is 0 Å². The molecule has 0 aromatic heterocycles. The van der Waals surface area contributed by atoms with E-state index in [1.807, 2.05) is 6.07 Å². The average molecular weight is 212 g/mol. The van der Waals surface area contributed by atoms with E-state index < -0.39 is 5.92 Å². The number of ether oxygens (including phenoxy) is 1. The molecule has 0 rings (SSSR count). The molecule has 0 aliphatic heterocycles. The van der Waals surface area contributed by atoms with E-state index in [1.165, 1.54) is 6.92 Å². The molecule has 1 amide bonds. The maximum absolute atomic E-state index is 11.1. The van der Waals surface area contributed by atoms with Gasteiger partial charge in [-0.15, -0.1) is 0 Å². The van der Waals surface area contributed by atoms with Gasteiger partial charge in [0.25, 0.3) is 0 Å². The Balaban J connectivity index is 3.51. The number of nitriles is 1. The normalized spacial score (nSPS) is 11.3. The number of carbonyl (C=O) groups is 2. The molecule has 0 saturated carbocycles. The zero-order valence-electron chi connectivity index (χ0n) is 9.08. The first kappa shape index (κ1) is 13.4. The maximum atomic E-state index is 11.1. The molecule has 5 nitrogen and oxygen atoms in total. The van der Waals surface area contributed by atoms with Gasteiger partial charge in [0.1, 0.15) is 5.92 Å². The first-order valence-corrected chi connectivity index (χ1v) is 4.94. The predicted molar refractivity (Wildman–Crippen MR) is 53.7 cm³/mol. The number of nitrogens with zero attached hydrogens (tertiary/aromatic N) is 1. The summed E-state index contributed by atoms with van der Waals surface area (Å²) < 4.78 is 4.71. The minimum Gasteiger partial charge on any atom is -0.466 e. The zero-order valence-corrected chi connectivity index (χ0v) is 9.08. The van der Waals surface area contributed by atoms with Crippen molar-refractivity contribution >= 4 is 11.9 Å². The second kappa shape index (κ2) is 7.80. The first-order chi connectivity index (χ1) is 7.11. The second-order valence-electron chi connectivity index (χ2n) is 3.05. The van der Waals surface area contributed by atoms with Crippen molar-refractivity contribution in [3.63, 3.8) is 0 Å². The lowest BCUT2D eigenvalue weighted by atomic mass is 10.2. The number of hydrogen-bond donors (Lipinski definition) is 1. The number of carbonyl (C=O) groups excluding carboxylic acids is 2. The van der Waals surface area contributed by atoms with E-state index in [2.05, 4.69) is 5.32 Å². The lowest BCUT2D eigenvalue weighted by Gasteiger charge is -2.05. The van der Waals surface area contributed by atoms with Gasteiger partial charge in [-0.2, -0.15) is 5.26 Å². The zero-order chi connectivity index (χ0) is 11.7. The van der Waals surface area contributed by atoms with Gasteiger partial charge in [0.2, 0.25) is 5.91 Å². The largest absolute Gasteiger partial charge is 0.466 e. The minimum atomic E-state index is -0.646. The van der Waals surface area contributed by atoms with Crippen LogP contribution in [-0.2, 0) is 14.3 Å². The van der Waals surface area contributed by atoms with Crippen LogP contribution in [0.2, 0.25) is 0 Å². The predicted octanol–water partition coefficient (Wildman–Crippen LogP) is 0.606. The molecule has 0 spiro atoms. The number of rotatable bonds is 6. The van der Waals surface area contributed by atoms with E-state index in [-0.39, 0.29) is 18.3 Å². The highest BCUT2D eigenvalue weighted by atomic mass is 16.5. The molecule has 0 bridgehead atoms. The fraction of sp³-hybridized carbons (Fsp3) is 0.700. The van der Waals surface area contributed by atoms with Gasteiger partial charge in [0.15, 0.2) is 0 Å². The van der Waals surface area contributed by atoms with Crippen molar-refractivity contribution in [3.05, 3.63) is 0 Å². The van der Waals surface area contributed by atoms with E-state index in [4.69, 9.17) is 10.00 Å². The Morgan fingerprint density at radius 3 is 2.73 bits per heavy atom. The summed E-state index contributed by atoms with van der Waals surface area (Å²) in [5.41, 5.74) is 0. The van der Waals surface area contributed by atoms with Crippen molar-refractivity contribution in [1.29, 1.82) is 5.26 Å². The van der Waals surface area contributed by atoms with Crippen LogP contribution in [0.3, 0.4) is 0 Å². The summed E-state index contributed by atoms with van der Waals surface area (Å²) in [6.45, 7) is 4.04. The molecular formula is C10H16N2O3. The Labute approximate surface area is 89.4 Å². The molecule has 1 atom stereocenters. The molecule has 0 aromatic rings. The van der Waals surface area contributed by atoms with Crippen LogP contribution < -0.4 is 5.32 Å². The van der Waals surface area contributed by atoms with Crippen molar-refractivity contribution in [1.82, 2.24) is 5.32 Å². The summed E-state index contributed by atoms with van der Waals surface area (Å²) in [6, 6.07) is 1.83. The third-order valence-electron chi connectivity index (χ3n) is 1.75. The topological polar surface area (TPSA) is 79.2 Å². The van der Waals surface area contributed by atoms with Crippen LogP contribution >= 0.6 is 0 Å². The Morgan fingerprint density at radius 1 is 1.53 bits per heavy atom. The number of nitrogens with one attached hydrogen (secondary N) is 1. The van der Waals surface area contributed by atoms with Crippen LogP contribution in [0.25, 0.3) is 0 Å². The van der Waals surface area contributed by atoms with Crippen molar-refractivity contribution in [2.24, 2.45) is 5.92 Å². The van der Waals surface area contributed by atoms with E-state index in [0.717, 1.165) is 0 Å². The Morgan fingerprint density at radius 2 is 2.20 bits per heavy atom. The van der Waals surface area contributed by atoms with Gasteiger partial charge in [-0.3, -0.25) is 9.59 Å². The van der Waals surface area contributed by atoms with E-state index in [0.29, 0.717) is 19.6 Å². The highest BCUT2D eigenvalue weighted by molar-refractivity contribution is 5.80. The molecule has 5 heteroatoms. The summed E-state index contributed by atoms with van der Waals surface area (Å²) in [6.07, 6.45) is 0.817. The van der Waals surface area contributed by atoms with E-state index in [1.54, 1.807) is 6.92 Å². The molecule has 15 heavy (non-hydrogen) atoms. The first-order valence-electron chi connectivity index (χ1n) is 4.94. The fourth-order valence-corrected chi connectivity index (χ4v) is 0.889. The molecule has 1 N–H and O–H groups in total. The van der Waals surface area contributed by atoms with Crippen molar-refractivity contribution < 1.29 is 14.3 Å². The van der Waals surface area contributed by atoms with Gasteiger partial charge in [-0.1, -0.05) is 0 Å². The highest BCUT2D eigenvalue weighted by Crippen LogP contribution is 1.94. The van der Waals surface area contributed by atoms with Crippen molar-refractivity contribution in [2.75, 3.05) is 13.2 Å². The minimum absolute atomic E-state index is 0.264. The average Bonchev–Trinajstić information content (AvgIpc) is 2.23. The number of amides is 1. The molecule has 84 valence electrons. The van der Waals surface area contributed by atoms with Gasteiger partial charge >= 0.3 is 5.97 Å². The van der Waals surface area contributed by atoms with Crippen LogP contribution in [-0.4, -0.2) is 25.0 Å². The summed E-state index contributed by atoms with van der Waals surface area (Å²) >= 11 is 0. The number of hydrogen-bond acceptors (Lipinski definition) is 4. The molecule has 0 aliphatic carbocycles. The van der Waals surface area contributed by atoms with Crippen LogP contribution in [0.5, 0.6) is 0 Å². The van der Waals surface area contributed by atoms with Gasteiger partial charge in [-0.05, 0) is 20.3 Å². The van der Waals surface area contributed by atoms with Gasteiger partial charge < -0.3 is 10.1 Å². The summed E-state index contributed by atoms with van der Waals surface area (Å²) in [5, 5.41) is 11.0. The highest BCUT2D eigenvalue weighted by Gasteiger charge is 2.10. The molecule has 1 unspecified atom stereocenters. The Hall–Kier alpha value is -1.57. The molecule has 0 fully saturated rings. The number of esters is 1. The van der Waals surface area contributed by atoms with Crippen LogP contribution in [0.15, 0.2) is 0 Å². The summed E-state index contributed by atoms with van der Waals surface area (Å²) in [4.78, 5) is 22.0. The Bertz CT molecular complexity index is 258. The lowest BCUT2D eigenvalue weighted by molar-refractivity contribution is -0.143. The summed E-state index contributed by atoms with van der Waals surface area (Å²) in [7, 11) is 0. The van der Waals surface area contributed by atoms with Gasteiger partial charge in [0.05, 0.1) is 12.7 Å². The van der Waals surface area contributed by atoms with E-state index in [9.17, 15) is 9.59 Å². The molecule has 0 aromatic carbocycles. The smallest absolute Gasteiger partial charge is 0.305 e. The third kappa shape index (κ3) is 6.49. The van der Waals surface area contributed by atoms with Crippen LogP contribution in [0.1, 0.15) is 26.7 Å². The summed E-state index contributed by atoms with van der Waals surface area (Å²) in [5.74, 6) is -1.21. The van der Waals surface area contributed by atoms with Gasteiger partial charge in [0, 0.05) is 13.0 Å². The molecule has 0 aliphatic rings. The third-order valence-corrected chi connectivity index (χ3v) is 1.75. The Kier molecular flexibility index (Phi) is 6.98. The van der Waals surface area contributed by atoms with E-state index >= 15 is 0 Å². The SMILES string of the molecule is CCOC(=O)CCCNC(=O)C(C)C#N. The quantitative estimate of drug-likeness (QED) is 0.516. The van der Waals surface area contributed by atoms with Crippen LogP contribution in [0, 0.1) is 17.2 Å².